The summed E-state index contributed by atoms with van der Waals surface area (Å²) in [5.41, 5.74) is 1.44. The van der Waals surface area contributed by atoms with E-state index in [9.17, 15) is 0 Å². The van der Waals surface area contributed by atoms with Crippen LogP contribution < -0.4 is 4.57 Å². The summed E-state index contributed by atoms with van der Waals surface area (Å²) in [6.45, 7) is 5.80. The Morgan fingerprint density at radius 2 is 0.667 bits per heavy atom. The largest absolute Gasteiger partial charge is 0.248 e. The van der Waals surface area contributed by atoms with Crippen molar-refractivity contribution >= 4 is 0 Å². The fourth-order valence-corrected chi connectivity index (χ4v) is 6.59. The highest BCUT2D eigenvalue weighted by atomic mass is 15.0. The van der Waals surface area contributed by atoms with Gasteiger partial charge in [0, 0.05) is 6.42 Å². The lowest BCUT2D eigenvalue weighted by Crippen LogP contribution is -2.30. The Labute approximate surface area is 266 Å². The number of nitrogens with zero attached hydrogens (tertiary/aromatic N) is 1. The monoisotopic (exact) mass is 588 g/mol. The Balaban J connectivity index is 1.78. The lowest BCUT2D eigenvalue weighted by molar-refractivity contribution is -0.696. The van der Waals surface area contributed by atoms with E-state index in [0.717, 1.165) is 0 Å². The maximum Gasteiger partial charge on any atom is 0.241 e. The van der Waals surface area contributed by atoms with Gasteiger partial charge < -0.3 is 0 Å². The van der Waals surface area contributed by atoms with Crippen molar-refractivity contribution in [3.63, 3.8) is 0 Å². The highest BCUT2D eigenvalue weighted by Crippen LogP contribution is 2.16. The van der Waals surface area contributed by atoms with E-state index in [-0.39, 0.29) is 0 Å². The van der Waals surface area contributed by atoms with Gasteiger partial charge in [-0.1, -0.05) is 206 Å². The number of nitrogens with one attached hydrogen (secondary N) is 1. The summed E-state index contributed by atoms with van der Waals surface area (Å²) in [6, 6.07) is 0. The van der Waals surface area contributed by atoms with E-state index < -0.39 is 0 Å². The summed E-state index contributed by atoms with van der Waals surface area (Å²) in [6.07, 6.45) is 53.5. The summed E-state index contributed by atoms with van der Waals surface area (Å²) in [4.78, 5) is 3.53. The molecular weight excluding hydrogens is 508 g/mol. The SMILES string of the molecule is CCCCCCCCCCCCCCCCCCCc1c[n+](CCCCCCCCCCCCCCCCCC)c[nH]1. The standard InChI is InChI=1S/C40H78N2/c1-3-5-7-9-11-13-15-17-19-21-22-24-26-28-30-32-34-36-40-38-42(39-41-40)37-35-33-31-29-27-25-23-20-18-16-14-12-10-8-6-4-2/h38-39H,3-37H2,1-2H3/p+1. The number of H-pyrrole nitrogens is 1. The van der Waals surface area contributed by atoms with Gasteiger partial charge in [0.05, 0.1) is 6.54 Å². The molecule has 1 heterocycles. The predicted octanol–water partition coefficient (Wildman–Crippen LogP) is 13.8. The second-order valence-corrected chi connectivity index (χ2v) is 13.9. The number of hydrogen-bond acceptors (Lipinski definition) is 0. The van der Waals surface area contributed by atoms with E-state index in [1.165, 1.54) is 231 Å². The average molecular weight is 588 g/mol. The van der Waals surface area contributed by atoms with E-state index >= 15 is 0 Å². The maximum atomic E-state index is 3.53. The molecule has 248 valence electrons. The van der Waals surface area contributed by atoms with Crippen LogP contribution in [0.4, 0.5) is 0 Å². The molecule has 0 bridgehead atoms. The Hall–Kier alpha value is -0.790. The van der Waals surface area contributed by atoms with Gasteiger partial charge in [-0.05, 0) is 19.3 Å². The van der Waals surface area contributed by atoms with Crippen molar-refractivity contribution in [2.45, 2.75) is 239 Å². The Bertz CT molecular complexity index is 621. The number of unbranched alkanes of at least 4 members (excludes halogenated alkanes) is 31. The molecule has 1 aromatic rings. The van der Waals surface area contributed by atoms with Crippen LogP contribution in [0.5, 0.6) is 0 Å². The van der Waals surface area contributed by atoms with Crippen molar-refractivity contribution in [1.82, 2.24) is 4.98 Å². The number of aromatic amines is 1. The Morgan fingerprint density at radius 3 is 1.00 bits per heavy atom. The van der Waals surface area contributed by atoms with Crippen LogP contribution >= 0.6 is 0 Å². The molecule has 0 radical (unpaired) electrons. The zero-order chi connectivity index (χ0) is 30.0. The van der Waals surface area contributed by atoms with Crippen LogP contribution in [-0.4, -0.2) is 4.98 Å². The molecule has 2 nitrogen and oxygen atoms in total. The van der Waals surface area contributed by atoms with Crippen LogP contribution in [0, 0.1) is 0 Å². The molecule has 0 amide bonds. The third-order valence-corrected chi connectivity index (χ3v) is 9.56. The van der Waals surface area contributed by atoms with Crippen molar-refractivity contribution in [2.75, 3.05) is 0 Å². The molecule has 1 aromatic heterocycles. The van der Waals surface area contributed by atoms with Gasteiger partial charge in [-0.2, -0.15) is 0 Å². The Kier molecular flexibility index (Phi) is 30.9. The Morgan fingerprint density at radius 1 is 0.381 bits per heavy atom. The minimum absolute atomic E-state index is 1.19. The molecule has 0 saturated heterocycles. The summed E-state index contributed by atoms with van der Waals surface area (Å²) >= 11 is 0. The normalized spacial score (nSPS) is 11.6. The first kappa shape index (κ1) is 39.2. The minimum atomic E-state index is 1.19. The minimum Gasteiger partial charge on any atom is -0.248 e. The second kappa shape index (κ2) is 33.1. The van der Waals surface area contributed by atoms with Crippen LogP contribution in [0.15, 0.2) is 12.5 Å². The summed E-state index contributed by atoms with van der Waals surface area (Å²) < 4.78 is 2.40. The zero-order valence-corrected chi connectivity index (χ0v) is 29.4. The first-order valence-electron chi connectivity index (χ1n) is 19.9. The van der Waals surface area contributed by atoms with Crippen LogP contribution in [-0.2, 0) is 13.0 Å². The highest BCUT2D eigenvalue weighted by molar-refractivity contribution is 4.89. The number of aryl methyl sites for hydroxylation is 2. The molecule has 42 heavy (non-hydrogen) atoms. The number of imidazole rings is 1. The van der Waals surface area contributed by atoms with E-state index in [1.807, 2.05) is 0 Å². The molecule has 1 rings (SSSR count). The first-order chi connectivity index (χ1) is 20.9. The van der Waals surface area contributed by atoms with Gasteiger partial charge in [-0.25, -0.2) is 9.55 Å². The summed E-state index contributed by atoms with van der Waals surface area (Å²) in [5.74, 6) is 0. The van der Waals surface area contributed by atoms with Crippen molar-refractivity contribution in [1.29, 1.82) is 0 Å². The third-order valence-electron chi connectivity index (χ3n) is 9.56. The van der Waals surface area contributed by atoms with Crippen LogP contribution in [0.25, 0.3) is 0 Å². The average Bonchev–Trinajstić information content (AvgIpc) is 3.46. The van der Waals surface area contributed by atoms with Crippen LogP contribution in [0.1, 0.15) is 231 Å². The van der Waals surface area contributed by atoms with Crippen molar-refractivity contribution in [3.8, 4) is 0 Å². The second-order valence-electron chi connectivity index (χ2n) is 13.9. The molecule has 1 N–H and O–H groups in total. The molecule has 0 saturated carbocycles. The third kappa shape index (κ3) is 28.0. The van der Waals surface area contributed by atoms with Crippen molar-refractivity contribution in [2.24, 2.45) is 0 Å². The lowest BCUT2D eigenvalue weighted by Gasteiger charge is -2.03. The molecule has 0 aliphatic heterocycles. The fraction of sp³-hybridized carbons (Fsp3) is 0.925. The predicted molar refractivity (Wildman–Crippen MR) is 188 cm³/mol. The molecule has 0 atom stereocenters. The van der Waals surface area contributed by atoms with Crippen molar-refractivity contribution < 1.29 is 4.57 Å². The van der Waals surface area contributed by atoms with Gasteiger partial charge in [0.15, 0.2) is 0 Å². The fourth-order valence-electron chi connectivity index (χ4n) is 6.59. The lowest BCUT2D eigenvalue weighted by atomic mass is 10.0. The van der Waals surface area contributed by atoms with E-state index in [2.05, 4.69) is 35.9 Å². The molecule has 0 fully saturated rings. The summed E-state index contributed by atoms with van der Waals surface area (Å²) in [7, 11) is 0. The van der Waals surface area contributed by atoms with Gasteiger partial charge in [-0.3, -0.25) is 0 Å². The highest BCUT2D eigenvalue weighted by Gasteiger charge is 2.05. The summed E-state index contributed by atoms with van der Waals surface area (Å²) in [5, 5.41) is 0. The quantitative estimate of drug-likeness (QED) is 0.0602. The number of aromatic nitrogens is 2. The van der Waals surface area contributed by atoms with E-state index in [0.29, 0.717) is 0 Å². The van der Waals surface area contributed by atoms with Crippen molar-refractivity contribution in [3.05, 3.63) is 18.2 Å². The van der Waals surface area contributed by atoms with Gasteiger partial charge >= 0.3 is 0 Å². The molecule has 0 aliphatic carbocycles. The van der Waals surface area contributed by atoms with Gasteiger partial charge in [0.1, 0.15) is 11.9 Å². The number of rotatable bonds is 35. The maximum absolute atomic E-state index is 3.53. The number of hydrogen-bond donors (Lipinski definition) is 1. The van der Waals surface area contributed by atoms with Gasteiger partial charge in [0.25, 0.3) is 0 Å². The molecule has 0 spiro atoms. The molecule has 0 aromatic carbocycles. The molecular formula is C40H79N2+. The smallest absolute Gasteiger partial charge is 0.241 e. The molecule has 0 unspecified atom stereocenters. The van der Waals surface area contributed by atoms with E-state index in [1.54, 1.807) is 0 Å². The topological polar surface area (TPSA) is 19.7 Å². The molecule has 0 aliphatic rings. The molecule has 2 heteroatoms. The first-order valence-corrected chi connectivity index (χ1v) is 19.9. The van der Waals surface area contributed by atoms with Gasteiger partial charge in [-0.15, -0.1) is 0 Å². The van der Waals surface area contributed by atoms with Crippen LogP contribution in [0.3, 0.4) is 0 Å². The van der Waals surface area contributed by atoms with E-state index in [4.69, 9.17) is 0 Å². The van der Waals surface area contributed by atoms with Crippen LogP contribution in [0.2, 0.25) is 0 Å². The van der Waals surface area contributed by atoms with Gasteiger partial charge in [0.2, 0.25) is 6.33 Å². The zero-order valence-electron chi connectivity index (χ0n) is 29.4.